The van der Waals surface area contributed by atoms with Gasteiger partial charge in [0.2, 0.25) is 0 Å². The first kappa shape index (κ1) is 14.9. The van der Waals surface area contributed by atoms with Crippen molar-refractivity contribution >= 4 is 21.6 Å². The SMILES string of the molecule is CN(C)CCOc1cccc(NCc2ccc(Br)o2)c1. The minimum atomic E-state index is 0.646. The third kappa shape index (κ3) is 4.90. The van der Waals surface area contributed by atoms with Gasteiger partial charge in [-0.15, -0.1) is 0 Å². The predicted molar refractivity (Wildman–Crippen MR) is 84.2 cm³/mol. The Morgan fingerprint density at radius 3 is 2.80 bits per heavy atom. The molecule has 4 nitrogen and oxygen atoms in total. The van der Waals surface area contributed by atoms with Gasteiger partial charge in [0.05, 0.1) is 6.54 Å². The van der Waals surface area contributed by atoms with E-state index >= 15 is 0 Å². The van der Waals surface area contributed by atoms with E-state index in [2.05, 4.69) is 26.1 Å². The molecule has 0 radical (unpaired) electrons. The molecule has 0 fully saturated rings. The third-order valence-corrected chi connectivity index (χ3v) is 3.16. The van der Waals surface area contributed by atoms with Crippen LogP contribution in [-0.4, -0.2) is 32.1 Å². The van der Waals surface area contributed by atoms with Crippen LogP contribution in [0.15, 0.2) is 45.5 Å². The monoisotopic (exact) mass is 338 g/mol. The average Bonchev–Trinajstić information content (AvgIpc) is 2.82. The summed E-state index contributed by atoms with van der Waals surface area (Å²) < 4.78 is 11.9. The lowest BCUT2D eigenvalue weighted by molar-refractivity contribution is 0.261. The maximum atomic E-state index is 5.70. The van der Waals surface area contributed by atoms with Gasteiger partial charge in [-0.25, -0.2) is 0 Å². The summed E-state index contributed by atoms with van der Waals surface area (Å²) in [6, 6.07) is 11.8. The molecule has 1 heterocycles. The number of nitrogens with zero attached hydrogens (tertiary/aromatic N) is 1. The van der Waals surface area contributed by atoms with Crippen molar-refractivity contribution in [3.8, 4) is 5.75 Å². The normalized spacial score (nSPS) is 10.8. The van der Waals surface area contributed by atoms with E-state index in [9.17, 15) is 0 Å². The number of rotatable bonds is 7. The fraction of sp³-hybridized carbons (Fsp3) is 0.333. The molecule has 0 saturated heterocycles. The molecule has 0 aliphatic carbocycles. The van der Waals surface area contributed by atoms with Crippen LogP contribution in [0.5, 0.6) is 5.75 Å². The van der Waals surface area contributed by atoms with Gasteiger partial charge in [-0.05, 0) is 54.3 Å². The lowest BCUT2D eigenvalue weighted by Crippen LogP contribution is -2.19. The second kappa shape index (κ2) is 7.36. The summed E-state index contributed by atoms with van der Waals surface area (Å²) in [5.74, 6) is 1.76. The molecule has 0 aliphatic heterocycles. The van der Waals surface area contributed by atoms with E-state index in [-0.39, 0.29) is 0 Å². The minimum Gasteiger partial charge on any atom is -0.492 e. The molecule has 20 heavy (non-hydrogen) atoms. The molecule has 5 heteroatoms. The fourth-order valence-corrected chi connectivity index (χ4v) is 2.02. The molecule has 2 rings (SSSR count). The summed E-state index contributed by atoms with van der Waals surface area (Å²) in [5.41, 5.74) is 1.01. The van der Waals surface area contributed by atoms with Gasteiger partial charge in [-0.2, -0.15) is 0 Å². The van der Waals surface area contributed by atoms with Gasteiger partial charge in [0.1, 0.15) is 18.1 Å². The first-order valence-electron chi connectivity index (χ1n) is 6.49. The number of furan rings is 1. The van der Waals surface area contributed by atoms with Crippen LogP contribution in [0.25, 0.3) is 0 Å². The van der Waals surface area contributed by atoms with Crippen molar-refractivity contribution < 1.29 is 9.15 Å². The number of benzene rings is 1. The van der Waals surface area contributed by atoms with Crippen molar-refractivity contribution in [2.45, 2.75) is 6.54 Å². The molecular formula is C15H19BrN2O2. The van der Waals surface area contributed by atoms with Crippen LogP contribution in [0, 0.1) is 0 Å². The maximum Gasteiger partial charge on any atom is 0.169 e. The van der Waals surface area contributed by atoms with Crippen LogP contribution in [0.4, 0.5) is 5.69 Å². The zero-order chi connectivity index (χ0) is 14.4. The van der Waals surface area contributed by atoms with Gasteiger partial charge < -0.3 is 19.4 Å². The highest BCUT2D eigenvalue weighted by atomic mass is 79.9. The zero-order valence-corrected chi connectivity index (χ0v) is 13.3. The predicted octanol–water partition coefficient (Wildman–Crippen LogP) is 3.59. The standard InChI is InChI=1S/C15H19BrN2O2/c1-18(2)8-9-19-13-5-3-4-12(10-13)17-11-14-6-7-15(16)20-14/h3-7,10,17H,8-9,11H2,1-2H3. The highest BCUT2D eigenvalue weighted by Gasteiger charge is 2.01. The summed E-state index contributed by atoms with van der Waals surface area (Å²) in [6.45, 7) is 2.23. The molecular weight excluding hydrogens is 320 g/mol. The Morgan fingerprint density at radius 1 is 1.25 bits per heavy atom. The van der Waals surface area contributed by atoms with E-state index in [0.29, 0.717) is 13.2 Å². The van der Waals surface area contributed by atoms with Gasteiger partial charge >= 0.3 is 0 Å². The van der Waals surface area contributed by atoms with Crippen molar-refractivity contribution in [2.24, 2.45) is 0 Å². The van der Waals surface area contributed by atoms with Crippen molar-refractivity contribution in [2.75, 3.05) is 32.6 Å². The molecule has 0 atom stereocenters. The Kier molecular flexibility index (Phi) is 5.49. The number of likely N-dealkylation sites (N-methyl/N-ethyl adjacent to an activating group) is 1. The van der Waals surface area contributed by atoms with Crippen molar-refractivity contribution in [1.82, 2.24) is 4.90 Å². The second-order valence-electron chi connectivity index (χ2n) is 4.74. The topological polar surface area (TPSA) is 37.6 Å². The van der Waals surface area contributed by atoms with E-state index in [1.165, 1.54) is 0 Å². The third-order valence-electron chi connectivity index (χ3n) is 2.74. The zero-order valence-electron chi connectivity index (χ0n) is 11.7. The lowest BCUT2D eigenvalue weighted by atomic mass is 10.3. The number of halogens is 1. The average molecular weight is 339 g/mol. The van der Waals surface area contributed by atoms with Crippen LogP contribution < -0.4 is 10.1 Å². The molecule has 1 aromatic carbocycles. The molecule has 0 unspecified atom stereocenters. The first-order valence-corrected chi connectivity index (χ1v) is 7.28. The molecule has 1 N–H and O–H groups in total. The minimum absolute atomic E-state index is 0.646. The van der Waals surface area contributed by atoms with E-state index in [1.807, 2.05) is 50.5 Å². The smallest absolute Gasteiger partial charge is 0.169 e. The number of anilines is 1. The van der Waals surface area contributed by atoms with Crippen LogP contribution in [-0.2, 0) is 6.54 Å². The van der Waals surface area contributed by atoms with Crippen molar-refractivity contribution in [3.63, 3.8) is 0 Å². The molecule has 0 saturated carbocycles. The van der Waals surface area contributed by atoms with Crippen molar-refractivity contribution in [3.05, 3.63) is 46.8 Å². The molecule has 2 aromatic rings. The van der Waals surface area contributed by atoms with E-state index in [0.717, 1.165) is 28.4 Å². The number of hydrogen-bond acceptors (Lipinski definition) is 4. The molecule has 1 aromatic heterocycles. The largest absolute Gasteiger partial charge is 0.492 e. The highest BCUT2D eigenvalue weighted by Crippen LogP contribution is 2.19. The first-order chi connectivity index (χ1) is 9.63. The van der Waals surface area contributed by atoms with Crippen LogP contribution >= 0.6 is 15.9 Å². The molecule has 0 amide bonds. The maximum absolute atomic E-state index is 5.70. The Morgan fingerprint density at radius 2 is 2.10 bits per heavy atom. The van der Waals surface area contributed by atoms with E-state index in [1.54, 1.807) is 0 Å². The summed E-state index contributed by atoms with van der Waals surface area (Å²) in [7, 11) is 4.06. The summed E-state index contributed by atoms with van der Waals surface area (Å²) in [5, 5.41) is 3.31. The molecule has 0 spiro atoms. The number of nitrogens with one attached hydrogen (secondary N) is 1. The quantitative estimate of drug-likeness (QED) is 0.837. The Balaban J connectivity index is 1.85. The van der Waals surface area contributed by atoms with Crippen LogP contribution in [0.1, 0.15) is 5.76 Å². The lowest BCUT2D eigenvalue weighted by Gasteiger charge is -2.12. The number of hydrogen-bond donors (Lipinski definition) is 1. The van der Waals surface area contributed by atoms with Gasteiger partial charge in [0, 0.05) is 18.3 Å². The Labute approximate surface area is 127 Å². The highest BCUT2D eigenvalue weighted by molar-refractivity contribution is 9.10. The number of ether oxygens (including phenoxy) is 1. The van der Waals surface area contributed by atoms with Crippen LogP contribution in [0.2, 0.25) is 0 Å². The van der Waals surface area contributed by atoms with Gasteiger partial charge in [0.15, 0.2) is 4.67 Å². The van der Waals surface area contributed by atoms with Gasteiger partial charge in [-0.1, -0.05) is 6.07 Å². The fourth-order valence-electron chi connectivity index (χ4n) is 1.68. The summed E-state index contributed by atoms with van der Waals surface area (Å²) in [4.78, 5) is 2.09. The summed E-state index contributed by atoms with van der Waals surface area (Å²) in [6.07, 6.45) is 0. The van der Waals surface area contributed by atoms with Gasteiger partial charge in [0.25, 0.3) is 0 Å². The van der Waals surface area contributed by atoms with E-state index < -0.39 is 0 Å². The Hall–Kier alpha value is -1.46. The Bertz CT molecular complexity index is 540. The van der Waals surface area contributed by atoms with Gasteiger partial charge in [-0.3, -0.25) is 0 Å². The molecule has 0 bridgehead atoms. The molecule has 108 valence electrons. The van der Waals surface area contributed by atoms with Crippen LogP contribution in [0.3, 0.4) is 0 Å². The van der Waals surface area contributed by atoms with Crippen molar-refractivity contribution in [1.29, 1.82) is 0 Å². The van der Waals surface area contributed by atoms with E-state index in [4.69, 9.17) is 9.15 Å². The summed E-state index contributed by atoms with van der Waals surface area (Å²) >= 11 is 3.29. The second-order valence-corrected chi connectivity index (χ2v) is 5.52. The molecule has 0 aliphatic rings.